The van der Waals surface area contributed by atoms with Crippen LogP contribution in [0.4, 0.5) is 5.82 Å². The fourth-order valence-electron chi connectivity index (χ4n) is 2.26. The second kappa shape index (κ2) is 6.79. The van der Waals surface area contributed by atoms with Crippen molar-refractivity contribution in [3.8, 4) is 0 Å². The largest absolute Gasteiger partial charge is 0.287 e. The summed E-state index contributed by atoms with van der Waals surface area (Å²) >= 11 is 1.39. The Kier molecular flexibility index (Phi) is 4.57. The zero-order chi connectivity index (χ0) is 16.2. The lowest BCUT2D eigenvalue weighted by molar-refractivity contribution is -0.122. The molecule has 0 radical (unpaired) electrons. The second-order valence-corrected chi connectivity index (χ2v) is 6.11. The first kappa shape index (κ1) is 15.5. The van der Waals surface area contributed by atoms with Gasteiger partial charge in [0.05, 0.1) is 4.91 Å². The van der Waals surface area contributed by atoms with Gasteiger partial charge < -0.3 is 0 Å². The molecule has 5 heteroatoms. The summed E-state index contributed by atoms with van der Waals surface area (Å²) in [6.07, 6.45) is 1.90. The number of hydrogen-bond acceptors (Lipinski definition) is 4. The summed E-state index contributed by atoms with van der Waals surface area (Å²) in [6, 6.07) is 15.5. The topological polar surface area (TPSA) is 45.6 Å². The van der Waals surface area contributed by atoms with E-state index in [9.17, 15) is 4.79 Å². The van der Waals surface area contributed by atoms with Gasteiger partial charge in [-0.2, -0.15) is 0 Å². The molecule has 3 rings (SSSR count). The van der Waals surface area contributed by atoms with E-state index in [-0.39, 0.29) is 5.91 Å². The van der Waals surface area contributed by atoms with Crippen molar-refractivity contribution in [2.24, 2.45) is 4.99 Å². The number of thioether (sulfide) groups is 1. The minimum Gasteiger partial charge on any atom is -0.287 e. The van der Waals surface area contributed by atoms with Crippen LogP contribution in [-0.4, -0.2) is 27.5 Å². The van der Waals surface area contributed by atoms with E-state index in [1.807, 2.05) is 68.5 Å². The molecule has 1 aliphatic rings. The van der Waals surface area contributed by atoms with Gasteiger partial charge in [-0.3, -0.25) is 9.69 Å². The molecule has 1 amide bonds. The van der Waals surface area contributed by atoms with Crippen molar-refractivity contribution in [1.82, 2.24) is 9.88 Å². The molecule has 1 aliphatic heterocycles. The normalized spacial score (nSPS) is 18.2. The number of pyridine rings is 1. The minimum atomic E-state index is -0.00671. The van der Waals surface area contributed by atoms with E-state index in [2.05, 4.69) is 9.98 Å². The number of carbonyl (C=O) groups excluding carboxylic acids is 1. The molecule has 116 valence electrons. The van der Waals surface area contributed by atoms with Crippen molar-refractivity contribution in [3.05, 3.63) is 64.7 Å². The van der Waals surface area contributed by atoms with Gasteiger partial charge in [0.1, 0.15) is 0 Å². The molecular weight excluding hydrogens is 306 g/mol. The Balaban J connectivity index is 1.93. The molecule has 0 spiro atoms. The van der Waals surface area contributed by atoms with Gasteiger partial charge in [-0.25, -0.2) is 9.98 Å². The highest BCUT2D eigenvalue weighted by atomic mass is 32.2. The summed E-state index contributed by atoms with van der Waals surface area (Å²) in [7, 11) is 0. The monoisotopic (exact) mass is 323 g/mol. The Labute approximate surface area is 140 Å². The van der Waals surface area contributed by atoms with Crippen LogP contribution in [0.3, 0.4) is 0 Å². The fraction of sp³-hybridized carbons (Fsp3) is 0.167. The number of likely N-dealkylation sites (N-methyl/N-ethyl adjacent to an activating group) is 1. The maximum Gasteiger partial charge on any atom is 0.266 e. The first-order valence-electron chi connectivity index (χ1n) is 7.46. The Hall–Kier alpha value is -2.40. The highest BCUT2D eigenvalue weighted by Crippen LogP contribution is 2.33. The smallest absolute Gasteiger partial charge is 0.266 e. The predicted octanol–water partition coefficient (Wildman–Crippen LogP) is 4.01. The summed E-state index contributed by atoms with van der Waals surface area (Å²) in [5.41, 5.74) is 1.92. The molecule has 0 atom stereocenters. The van der Waals surface area contributed by atoms with Gasteiger partial charge in [0.2, 0.25) is 0 Å². The van der Waals surface area contributed by atoms with Gasteiger partial charge in [-0.05, 0) is 49.4 Å². The van der Waals surface area contributed by atoms with Crippen LogP contribution in [0, 0.1) is 6.92 Å². The molecule has 0 N–H and O–H groups in total. The molecule has 0 aliphatic carbocycles. The number of aryl methyl sites for hydroxylation is 1. The van der Waals surface area contributed by atoms with E-state index in [4.69, 9.17) is 0 Å². The molecule has 2 heterocycles. The summed E-state index contributed by atoms with van der Waals surface area (Å²) in [4.78, 5) is 23.8. The third kappa shape index (κ3) is 3.51. The van der Waals surface area contributed by atoms with Crippen molar-refractivity contribution in [2.45, 2.75) is 13.8 Å². The number of amides is 1. The van der Waals surface area contributed by atoms with E-state index in [1.165, 1.54) is 11.8 Å². The Morgan fingerprint density at radius 2 is 1.96 bits per heavy atom. The molecule has 1 aromatic carbocycles. The molecule has 4 nitrogen and oxygen atoms in total. The average molecular weight is 323 g/mol. The van der Waals surface area contributed by atoms with Gasteiger partial charge in [0.15, 0.2) is 11.0 Å². The SMILES string of the molecule is CCN1C(=O)/C(=C/c2ccccc2)S/C1=N/c1cccc(C)n1. The van der Waals surface area contributed by atoms with Crippen molar-refractivity contribution in [2.75, 3.05) is 6.54 Å². The van der Waals surface area contributed by atoms with Crippen molar-refractivity contribution < 1.29 is 4.79 Å². The van der Waals surface area contributed by atoms with Crippen LogP contribution in [0.5, 0.6) is 0 Å². The van der Waals surface area contributed by atoms with Gasteiger partial charge in [-0.15, -0.1) is 0 Å². The molecule has 1 fully saturated rings. The van der Waals surface area contributed by atoms with E-state index in [0.717, 1.165) is 11.3 Å². The number of nitrogens with zero attached hydrogens (tertiary/aromatic N) is 3. The minimum absolute atomic E-state index is 0.00671. The van der Waals surface area contributed by atoms with Crippen LogP contribution in [0.25, 0.3) is 6.08 Å². The fourth-order valence-corrected chi connectivity index (χ4v) is 3.31. The van der Waals surface area contributed by atoms with Gasteiger partial charge in [0, 0.05) is 12.2 Å². The molecule has 1 aromatic heterocycles. The zero-order valence-corrected chi connectivity index (χ0v) is 13.9. The third-order valence-electron chi connectivity index (χ3n) is 3.39. The maximum atomic E-state index is 12.5. The van der Waals surface area contributed by atoms with Crippen LogP contribution in [0.2, 0.25) is 0 Å². The highest BCUT2D eigenvalue weighted by molar-refractivity contribution is 8.18. The summed E-state index contributed by atoms with van der Waals surface area (Å²) in [5, 5.41) is 0.679. The van der Waals surface area contributed by atoms with Crippen LogP contribution in [0.1, 0.15) is 18.2 Å². The Morgan fingerprint density at radius 1 is 1.17 bits per heavy atom. The Bertz CT molecular complexity index is 784. The number of aliphatic imine (C=N–C) groups is 1. The first-order chi connectivity index (χ1) is 11.2. The third-order valence-corrected chi connectivity index (χ3v) is 4.39. The quantitative estimate of drug-likeness (QED) is 0.802. The van der Waals surface area contributed by atoms with E-state index in [0.29, 0.717) is 22.4 Å². The molecular formula is C18H17N3OS. The van der Waals surface area contributed by atoms with Gasteiger partial charge in [-0.1, -0.05) is 36.4 Å². The molecule has 0 bridgehead atoms. The molecule has 0 saturated carbocycles. The van der Waals surface area contributed by atoms with Gasteiger partial charge >= 0.3 is 0 Å². The highest BCUT2D eigenvalue weighted by Gasteiger charge is 2.32. The number of amidine groups is 1. The number of hydrogen-bond donors (Lipinski definition) is 0. The standard InChI is InChI=1S/C18H17N3OS/c1-3-21-17(22)15(12-14-9-5-4-6-10-14)23-18(21)20-16-11-7-8-13(2)19-16/h4-12H,3H2,1-2H3/b15-12-,20-18+. The summed E-state index contributed by atoms with van der Waals surface area (Å²) in [5.74, 6) is 0.618. The molecule has 1 saturated heterocycles. The van der Waals surface area contributed by atoms with Crippen LogP contribution >= 0.6 is 11.8 Å². The maximum absolute atomic E-state index is 12.5. The lowest BCUT2D eigenvalue weighted by Crippen LogP contribution is -2.28. The predicted molar refractivity (Wildman–Crippen MR) is 95.5 cm³/mol. The van der Waals surface area contributed by atoms with Crippen LogP contribution < -0.4 is 0 Å². The van der Waals surface area contributed by atoms with Gasteiger partial charge in [0.25, 0.3) is 5.91 Å². The zero-order valence-electron chi connectivity index (χ0n) is 13.1. The lowest BCUT2D eigenvalue weighted by atomic mass is 10.2. The average Bonchev–Trinajstić information content (AvgIpc) is 2.83. The lowest BCUT2D eigenvalue weighted by Gasteiger charge is -2.11. The number of aromatic nitrogens is 1. The number of benzene rings is 1. The van der Waals surface area contributed by atoms with Crippen LogP contribution in [0.15, 0.2) is 58.4 Å². The second-order valence-electron chi connectivity index (χ2n) is 5.10. The van der Waals surface area contributed by atoms with Crippen LogP contribution in [-0.2, 0) is 4.79 Å². The molecule has 0 unspecified atom stereocenters. The van der Waals surface area contributed by atoms with E-state index < -0.39 is 0 Å². The van der Waals surface area contributed by atoms with Crippen molar-refractivity contribution in [1.29, 1.82) is 0 Å². The summed E-state index contributed by atoms with van der Waals surface area (Å²) < 4.78 is 0. The van der Waals surface area contributed by atoms with E-state index in [1.54, 1.807) is 4.90 Å². The first-order valence-corrected chi connectivity index (χ1v) is 8.28. The molecule has 2 aromatic rings. The number of rotatable bonds is 3. The van der Waals surface area contributed by atoms with Crippen molar-refractivity contribution >= 4 is 34.7 Å². The van der Waals surface area contributed by atoms with E-state index >= 15 is 0 Å². The number of carbonyl (C=O) groups is 1. The molecule has 23 heavy (non-hydrogen) atoms. The summed E-state index contributed by atoms with van der Waals surface area (Å²) in [6.45, 7) is 4.46. The Morgan fingerprint density at radius 3 is 2.65 bits per heavy atom. The van der Waals surface area contributed by atoms with Crippen molar-refractivity contribution in [3.63, 3.8) is 0 Å².